The molecule has 0 aromatic heterocycles. The van der Waals surface area contributed by atoms with Crippen molar-refractivity contribution in [3.05, 3.63) is 72.8 Å². The smallest absolute Gasteiger partial charge is 0.314 e. The van der Waals surface area contributed by atoms with Crippen LogP contribution in [0.3, 0.4) is 0 Å². The van der Waals surface area contributed by atoms with Gasteiger partial charge in [0, 0.05) is 0 Å². The van der Waals surface area contributed by atoms with Crippen molar-refractivity contribution >= 4 is 28.7 Å². The number of unbranched alkanes of at least 4 members (excludes halogenated alkanes) is 6. The monoisotopic (exact) mass is 596 g/mol. The molecule has 0 heterocycles. The molecule has 1 fully saturated rings. The number of esters is 1. The summed E-state index contributed by atoms with van der Waals surface area (Å²) in [5.74, 6) is 2.07. The van der Waals surface area contributed by atoms with E-state index in [1.54, 1.807) is 12.1 Å². The van der Waals surface area contributed by atoms with E-state index in [2.05, 4.69) is 34.3 Å². The Morgan fingerprint density at radius 1 is 0.591 bits per heavy atom. The number of azo groups is 2. The van der Waals surface area contributed by atoms with E-state index in [9.17, 15) is 4.79 Å². The second-order valence-corrected chi connectivity index (χ2v) is 11.8. The first-order valence-electron chi connectivity index (χ1n) is 16.6. The van der Waals surface area contributed by atoms with Crippen LogP contribution in [-0.2, 0) is 4.79 Å². The zero-order valence-electron chi connectivity index (χ0n) is 26.5. The van der Waals surface area contributed by atoms with Crippen molar-refractivity contribution in [1.82, 2.24) is 0 Å². The van der Waals surface area contributed by atoms with Crippen molar-refractivity contribution in [2.24, 2.45) is 32.3 Å². The molecule has 0 atom stereocenters. The zero-order chi connectivity index (χ0) is 30.8. The van der Waals surface area contributed by atoms with E-state index in [1.807, 2.05) is 60.7 Å². The van der Waals surface area contributed by atoms with Gasteiger partial charge >= 0.3 is 5.97 Å². The lowest BCUT2D eigenvalue weighted by Crippen LogP contribution is -2.25. The van der Waals surface area contributed by atoms with E-state index < -0.39 is 0 Å². The normalized spacial score (nSPS) is 16.9. The van der Waals surface area contributed by atoms with Crippen LogP contribution in [0.5, 0.6) is 11.5 Å². The number of rotatable bonds is 17. The van der Waals surface area contributed by atoms with Crippen LogP contribution in [-0.4, -0.2) is 12.6 Å². The van der Waals surface area contributed by atoms with Gasteiger partial charge in [-0.05, 0) is 111 Å². The van der Waals surface area contributed by atoms with Gasteiger partial charge in [-0.15, -0.1) is 0 Å². The molecule has 0 N–H and O–H groups in total. The summed E-state index contributed by atoms with van der Waals surface area (Å²) in [6.07, 6.45) is 15.4. The van der Waals surface area contributed by atoms with Crippen LogP contribution in [0.25, 0.3) is 0 Å². The SMILES string of the molecule is CCCCCCCOc1ccc(/N=N/c2ccc(/N=N/c3ccc(OC(=O)C4CCC(CCCCC)CC4)cc3)cc2)cc1. The van der Waals surface area contributed by atoms with Crippen LogP contribution in [0.4, 0.5) is 22.7 Å². The highest BCUT2D eigenvalue weighted by Crippen LogP contribution is 2.33. The minimum atomic E-state index is -0.113. The van der Waals surface area contributed by atoms with E-state index >= 15 is 0 Å². The Labute approximate surface area is 263 Å². The Bertz CT molecular complexity index is 1300. The van der Waals surface area contributed by atoms with E-state index in [4.69, 9.17) is 9.47 Å². The molecule has 1 aliphatic rings. The lowest BCUT2D eigenvalue weighted by atomic mass is 9.80. The molecule has 3 aromatic rings. The van der Waals surface area contributed by atoms with Gasteiger partial charge in [-0.3, -0.25) is 4.79 Å². The molecule has 0 amide bonds. The molecule has 1 aliphatic carbocycles. The quantitative estimate of drug-likeness (QED) is 0.0672. The maximum Gasteiger partial charge on any atom is 0.314 e. The third-order valence-electron chi connectivity index (χ3n) is 8.22. The van der Waals surface area contributed by atoms with Gasteiger partial charge in [-0.25, -0.2) is 0 Å². The summed E-state index contributed by atoms with van der Waals surface area (Å²) >= 11 is 0. The molecule has 0 aliphatic heterocycles. The Morgan fingerprint density at radius 2 is 1.05 bits per heavy atom. The van der Waals surface area contributed by atoms with E-state index in [1.165, 1.54) is 51.4 Å². The molecule has 0 unspecified atom stereocenters. The number of ether oxygens (including phenoxy) is 2. The molecular weight excluding hydrogens is 548 g/mol. The van der Waals surface area contributed by atoms with Gasteiger partial charge in [-0.1, -0.05) is 65.2 Å². The van der Waals surface area contributed by atoms with Gasteiger partial charge in [0.15, 0.2) is 0 Å². The fourth-order valence-electron chi connectivity index (χ4n) is 5.47. The van der Waals surface area contributed by atoms with Crippen molar-refractivity contribution in [2.75, 3.05) is 6.61 Å². The lowest BCUT2D eigenvalue weighted by Gasteiger charge is -2.27. The first kappa shape index (κ1) is 33.0. The molecule has 7 heteroatoms. The van der Waals surface area contributed by atoms with Crippen LogP contribution in [0.2, 0.25) is 0 Å². The summed E-state index contributed by atoms with van der Waals surface area (Å²) in [5.41, 5.74) is 2.89. The summed E-state index contributed by atoms with van der Waals surface area (Å²) in [6, 6.07) is 22.3. The fourth-order valence-corrected chi connectivity index (χ4v) is 5.47. The predicted octanol–water partition coefficient (Wildman–Crippen LogP) is 12.2. The minimum absolute atomic E-state index is 0.00848. The zero-order valence-corrected chi connectivity index (χ0v) is 26.5. The van der Waals surface area contributed by atoms with Crippen molar-refractivity contribution in [3.63, 3.8) is 0 Å². The van der Waals surface area contributed by atoms with Crippen molar-refractivity contribution < 1.29 is 14.3 Å². The number of carbonyl (C=O) groups excluding carboxylic acids is 1. The Hall–Kier alpha value is -3.87. The fraction of sp³-hybridized carbons (Fsp3) is 0.486. The lowest BCUT2D eigenvalue weighted by molar-refractivity contribution is -0.140. The number of hydrogen-bond donors (Lipinski definition) is 0. The van der Waals surface area contributed by atoms with E-state index in [0.717, 1.165) is 61.8 Å². The van der Waals surface area contributed by atoms with Gasteiger partial charge in [-0.2, -0.15) is 20.5 Å². The molecule has 234 valence electrons. The summed E-state index contributed by atoms with van der Waals surface area (Å²) < 4.78 is 11.5. The maximum atomic E-state index is 12.7. The number of carbonyl (C=O) groups is 1. The summed E-state index contributed by atoms with van der Waals surface area (Å²) in [7, 11) is 0. The van der Waals surface area contributed by atoms with Gasteiger partial charge in [0.05, 0.1) is 35.3 Å². The van der Waals surface area contributed by atoms with E-state index in [-0.39, 0.29) is 11.9 Å². The summed E-state index contributed by atoms with van der Waals surface area (Å²) in [6.45, 7) is 5.21. The molecule has 1 saturated carbocycles. The number of nitrogens with zero attached hydrogens (tertiary/aromatic N) is 4. The predicted molar refractivity (Wildman–Crippen MR) is 177 cm³/mol. The van der Waals surface area contributed by atoms with Crippen molar-refractivity contribution in [3.8, 4) is 11.5 Å². The standard InChI is InChI=1S/C37H48N4O3/c1-3-5-7-8-10-28-43-35-24-20-33(21-25-35)40-38-31-16-18-32(19-17-31)39-41-34-22-26-36(27-23-34)44-37(42)30-14-12-29(13-15-30)11-9-6-4-2/h16-27,29-30H,3-15,28H2,1-2H3/b40-38+,41-39+. The molecule has 44 heavy (non-hydrogen) atoms. The highest BCUT2D eigenvalue weighted by atomic mass is 16.5. The van der Waals surface area contributed by atoms with E-state index in [0.29, 0.717) is 17.1 Å². The molecule has 3 aromatic carbocycles. The summed E-state index contributed by atoms with van der Waals surface area (Å²) in [5, 5.41) is 17.3. The van der Waals surface area contributed by atoms with Crippen LogP contribution < -0.4 is 9.47 Å². The van der Waals surface area contributed by atoms with Gasteiger partial charge < -0.3 is 9.47 Å². The topological polar surface area (TPSA) is 85.0 Å². The number of benzene rings is 3. The second-order valence-electron chi connectivity index (χ2n) is 11.8. The Balaban J connectivity index is 1.18. The largest absolute Gasteiger partial charge is 0.494 e. The molecule has 0 radical (unpaired) electrons. The molecule has 7 nitrogen and oxygen atoms in total. The average molecular weight is 597 g/mol. The second kappa shape index (κ2) is 18.7. The first-order valence-corrected chi connectivity index (χ1v) is 16.6. The van der Waals surface area contributed by atoms with Crippen molar-refractivity contribution in [1.29, 1.82) is 0 Å². The highest BCUT2D eigenvalue weighted by molar-refractivity contribution is 5.75. The van der Waals surface area contributed by atoms with Gasteiger partial charge in [0.25, 0.3) is 0 Å². The molecule has 0 bridgehead atoms. The van der Waals surface area contributed by atoms with Crippen LogP contribution in [0.1, 0.15) is 97.3 Å². The highest BCUT2D eigenvalue weighted by Gasteiger charge is 2.27. The molecule has 4 rings (SSSR count). The third kappa shape index (κ3) is 11.7. The molecule has 0 saturated heterocycles. The number of hydrogen-bond acceptors (Lipinski definition) is 7. The van der Waals surface area contributed by atoms with Crippen molar-refractivity contribution in [2.45, 2.75) is 97.3 Å². The average Bonchev–Trinajstić information content (AvgIpc) is 3.06. The minimum Gasteiger partial charge on any atom is -0.494 e. The third-order valence-corrected chi connectivity index (χ3v) is 8.22. The summed E-state index contributed by atoms with van der Waals surface area (Å²) in [4.78, 5) is 12.7. The Kier molecular flexibility index (Phi) is 14.1. The van der Waals surface area contributed by atoms with Crippen LogP contribution >= 0.6 is 0 Å². The Morgan fingerprint density at radius 3 is 1.57 bits per heavy atom. The van der Waals surface area contributed by atoms with Crippen LogP contribution in [0, 0.1) is 11.8 Å². The maximum absolute atomic E-state index is 12.7. The molecule has 0 spiro atoms. The molecular formula is C37H48N4O3. The van der Waals surface area contributed by atoms with Crippen LogP contribution in [0.15, 0.2) is 93.3 Å². The van der Waals surface area contributed by atoms with Gasteiger partial charge in [0.2, 0.25) is 0 Å². The van der Waals surface area contributed by atoms with Gasteiger partial charge in [0.1, 0.15) is 11.5 Å². The first-order chi connectivity index (χ1) is 21.6.